The second kappa shape index (κ2) is 13.1. The summed E-state index contributed by atoms with van der Waals surface area (Å²) in [5.41, 5.74) is 7.36. The molecule has 0 bridgehead atoms. The molecule has 0 saturated carbocycles. The largest absolute Gasteiger partial charge is 0.493 e. The SMILES string of the molecule is C=C(C)C(=C/NCc1ccc(OCC(C)C)c(C)c1)/C(/C=C\CCC)=C(/C)CC. The van der Waals surface area contributed by atoms with Gasteiger partial charge in [-0.2, -0.15) is 0 Å². The normalized spacial score (nSPS) is 13.0. The van der Waals surface area contributed by atoms with E-state index in [1.54, 1.807) is 0 Å². The van der Waals surface area contributed by atoms with E-state index in [1.165, 1.54) is 27.8 Å². The molecule has 29 heavy (non-hydrogen) atoms. The van der Waals surface area contributed by atoms with Crippen molar-refractivity contribution < 1.29 is 4.74 Å². The summed E-state index contributed by atoms with van der Waals surface area (Å²) in [4.78, 5) is 0. The summed E-state index contributed by atoms with van der Waals surface area (Å²) >= 11 is 0. The average Bonchev–Trinajstić information content (AvgIpc) is 2.67. The number of nitrogens with one attached hydrogen (secondary N) is 1. The molecule has 160 valence electrons. The van der Waals surface area contributed by atoms with Gasteiger partial charge >= 0.3 is 0 Å². The van der Waals surface area contributed by atoms with Crippen LogP contribution >= 0.6 is 0 Å². The molecule has 1 aromatic rings. The first-order chi connectivity index (χ1) is 13.8. The highest BCUT2D eigenvalue weighted by molar-refractivity contribution is 5.52. The van der Waals surface area contributed by atoms with Crippen molar-refractivity contribution in [2.75, 3.05) is 6.61 Å². The van der Waals surface area contributed by atoms with Crippen LogP contribution < -0.4 is 10.1 Å². The van der Waals surface area contributed by atoms with Gasteiger partial charge in [-0.15, -0.1) is 0 Å². The van der Waals surface area contributed by atoms with E-state index in [0.717, 1.165) is 43.7 Å². The molecular formula is C27H41NO. The highest BCUT2D eigenvalue weighted by atomic mass is 16.5. The minimum absolute atomic E-state index is 0.529. The lowest BCUT2D eigenvalue weighted by Crippen LogP contribution is -2.09. The van der Waals surface area contributed by atoms with Crippen LogP contribution in [0, 0.1) is 12.8 Å². The fourth-order valence-electron chi connectivity index (χ4n) is 2.96. The smallest absolute Gasteiger partial charge is 0.122 e. The lowest BCUT2D eigenvalue weighted by Gasteiger charge is -2.15. The highest BCUT2D eigenvalue weighted by Crippen LogP contribution is 2.24. The van der Waals surface area contributed by atoms with Crippen LogP contribution in [-0.4, -0.2) is 6.61 Å². The van der Waals surface area contributed by atoms with Gasteiger partial charge in [0.15, 0.2) is 0 Å². The van der Waals surface area contributed by atoms with Gasteiger partial charge in [0.1, 0.15) is 5.75 Å². The number of hydrogen-bond donors (Lipinski definition) is 1. The molecule has 0 aliphatic rings. The van der Waals surface area contributed by atoms with Gasteiger partial charge in [-0.3, -0.25) is 0 Å². The maximum Gasteiger partial charge on any atom is 0.122 e. The number of hydrogen-bond acceptors (Lipinski definition) is 2. The Morgan fingerprint density at radius 3 is 2.48 bits per heavy atom. The number of ether oxygens (including phenoxy) is 1. The van der Waals surface area contributed by atoms with E-state index in [1.807, 2.05) is 0 Å². The quantitative estimate of drug-likeness (QED) is 0.367. The van der Waals surface area contributed by atoms with E-state index in [9.17, 15) is 0 Å². The molecule has 1 N–H and O–H groups in total. The van der Waals surface area contributed by atoms with Crippen LogP contribution in [0.1, 0.15) is 71.9 Å². The number of aryl methyl sites for hydroxylation is 1. The summed E-state index contributed by atoms with van der Waals surface area (Å²) in [5.74, 6) is 1.51. The van der Waals surface area contributed by atoms with Crippen LogP contribution in [-0.2, 0) is 6.54 Å². The molecule has 0 atom stereocenters. The van der Waals surface area contributed by atoms with Crippen LogP contribution in [0.4, 0.5) is 0 Å². The zero-order chi connectivity index (χ0) is 21.8. The van der Waals surface area contributed by atoms with Gasteiger partial charge in [-0.05, 0) is 73.4 Å². The number of allylic oxidation sites excluding steroid dienone is 6. The van der Waals surface area contributed by atoms with E-state index in [4.69, 9.17) is 4.74 Å². The number of rotatable bonds is 12. The van der Waals surface area contributed by atoms with Crippen molar-refractivity contribution >= 4 is 0 Å². The lowest BCUT2D eigenvalue weighted by molar-refractivity contribution is 0.269. The van der Waals surface area contributed by atoms with Gasteiger partial charge in [-0.1, -0.05) is 70.6 Å². The monoisotopic (exact) mass is 395 g/mol. The summed E-state index contributed by atoms with van der Waals surface area (Å²) in [5, 5.41) is 3.50. The van der Waals surface area contributed by atoms with E-state index >= 15 is 0 Å². The van der Waals surface area contributed by atoms with E-state index < -0.39 is 0 Å². The second-order valence-electron chi connectivity index (χ2n) is 8.26. The van der Waals surface area contributed by atoms with Crippen LogP contribution in [0.25, 0.3) is 0 Å². The molecule has 2 nitrogen and oxygen atoms in total. The standard InChI is InChI=1S/C27H41NO/c1-9-11-12-13-25(22(7)10-2)26(21(5)6)18-28-17-24-14-15-27(23(8)16-24)29-19-20(3)4/h12-16,18,20,28H,5,9-11,17,19H2,1-4,6-8H3/b13-12-,25-22-,26-18-. The molecule has 0 amide bonds. The maximum atomic E-state index is 5.89. The minimum atomic E-state index is 0.529. The first kappa shape index (κ1) is 24.8. The van der Waals surface area contributed by atoms with Crippen molar-refractivity contribution in [2.45, 2.75) is 74.3 Å². The van der Waals surface area contributed by atoms with Gasteiger partial charge < -0.3 is 10.1 Å². The first-order valence-electron chi connectivity index (χ1n) is 11.0. The zero-order valence-corrected chi connectivity index (χ0v) is 19.7. The van der Waals surface area contributed by atoms with Crippen molar-refractivity contribution in [1.82, 2.24) is 5.32 Å². The van der Waals surface area contributed by atoms with E-state index in [0.29, 0.717) is 5.92 Å². The van der Waals surface area contributed by atoms with E-state index in [2.05, 4.69) is 96.9 Å². The predicted molar refractivity (Wildman–Crippen MR) is 128 cm³/mol. The predicted octanol–water partition coefficient (Wildman–Crippen LogP) is 7.66. The zero-order valence-electron chi connectivity index (χ0n) is 19.7. The third-order valence-electron chi connectivity index (χ3n) is 4.84. The molecule has 0 unspecified atom stereocenters. The molecule has 0 heterocycles. The van der Waals surface area contributed by atoms with Gasteiger partial charge in [0.2, 0.25) is 0 Å². The summed E-state index contributed by atoms with van der Waals surface area (Å²) in [6, 6.07) is 6.42. The van der Waals surface area contributed by atoms with Gasteiger partial charge in [0.25, 0.3) is 0 Å². The first-order valence-corrected chi connectivity index (χ1v) is 11.0. The maximum absolute atomic E-state index is 5.89. The lowest BCUT2D eigenvalue weighted by atomic mass is 9.94. The van der Waals surface area contributed by atoms with Crippen molar-refractivity contribution in [3.63, 3.8) is 0 Å². The van der Waals surface area contributed by atoms with E-state index in [-0.39, 0.29) is 0 Å². The molecule has 1 aromatic carbocycles. The molecule has 0 fully saturated rings. The van der Waals surface area contributed by atoms with Gasteiger partial charge in [0.05, 0.1) is 6.61 Å². The second-order valence-corrected chi connectivity index (χ2v) is 8.26. The summed E-state index contributed by atoms with van der Waals surface area (Å²) in [7, 11) is 0. The fourth-order valence-corrected chi connectivity index (χ4v) is 2.96. The Labute approximate surface area is 179 Å². The Morgan fingerprint density at radius 1 is 1.21 bits per heavy atom. The number of unbranched alkanes of at least 4 members (excludes halogenated alkanes) is 1. The van der Waals surface area contributed by atoms with Crippen molar-refractivity contribution in [3.8, 4) is 5.75 Å². The number of benzene rings is 1. The molecule has 0 radical (unpaired) electrons. The van der Waals surface area contributed by atoms with Crippen LogP contribution in [0.2, 0.25) is 0 Å². The Kier molecular flexibility index (Phi) is 11.2. The van der Waals surface area contributed by atoms with Crippen molar-refractivity contribution in [1.29, 1.82) is 0 Å². The Bertz CT molecular complexity index is 750. The summed E-state index contributed by atoms with van der Waals surface area (Å²) in [6.45, 7) is 20.9. The van der Waals surface area contributed by atoms with Crippen LogP contribution in [0.3, 0.4) is 0 Å². The third-order valence-corrected chi connectivity index (χ3v) is 4.84. The highest BCUT2D eigenvalue weighted by Gasteiger charge is 2.07. The topological polar surface area (TPSA) is 21.3 Å². The fraction of sp³-hybridized carbons (Fsp3) is 0.481. The van der Waals surface area contributed by atoms with Crippen LogP contribution in [0.15, 0.2) is 65.4 Å². The van der Waals surface area contributed by atoms with Crippen molar-refractivity contribution in [3.05, 3.63) is 76.5 Å². The molecule has 2 heteroatoms. The summed E-state index contributed by atoms with van der Waals surface area (Å²) in [6.07, 6.45) is 9.94. The average molecular weight is 396 g/mol. The molecule has 0 aliphatic heterocycles. The molecule has 1 rings (SSSR count). The Balaban J connectivity index is 2.94. The third kappa shape index (κ3) is 8.77. The summed E-state index contributed by atoms with van der Waals surface area (Å²) < 4.78 is 5.89. The molecule has 0 aliphatic carbocycles. The van der Waals surface area contributed by atoms with Crippen molar-refractivity contribution in [2.24, 2.45) is 5.92 Å². The molecular weight excluding hydrogens is 354 g/mol. The molecule has 0 spiro atoms. The minimum Gasteiger partial charge on any atom is -0.493 e. The molecule has 0 aromatic heterocycles. The van der Waals surface area contributed by atoms with Gasteiger partial charge in [0, 0.05) is 12.7 Å². The van der Waals surface area contributed by atoms with Gasteiger partial charge in [-0.25, -0.2) is 0 Å². The Hall–Kier alpha value is -2.22. The molecule has 0 saturated heterocycles. The van der Waals surface area contributed by atoms with Crippen LogP contribution in [0.5, 0.6) is 5.75 Å². The Morgan fingerprint density at radius 2 is 1.93 bits per heavy atom.